The molecule has 2 N–H and O–H groups in total. The van der Waals surface area contributed by atoms with Crippen LogP contribution in [-0.2, 0) is 6.42 Å². The van der Waals surface area contributed by atoms with Gasteiger partial charge in [-0.2, -0.15) is 5.53 Å². The Labute approximate surface area is 135 Å². The van der Waals surface area contributed by atoms with Crippen molar-refractivity contribution in [2.24, 2.45) is 5.22 Å². The van der Waals surface area contributed by atoms with E-state index in [1.54, 1.807) is 12.1 Å². The zero-order chi connectivity index (χ0) is 16.5. The summed E-state index contributed by atoms with van der Waals surface area (Å²) in [5.41, 5.74) is 9.02. The fourth-order valence-electron chi connectivity index (χ4n) is 2.25. The van der Waals surface area contributed by atoms with Gasteiger partial charge in [0.25, 0.3) is 0 Å². The summed E-state index contributed by atoms with van der Waals surface area (Å²) in [5.74, 6) is 0.198. The molecule has 0 atom stereocenters. The van der Waals surface area contributed by atoms with E-state index in [0.29, 0.717) is 18.5 Å². The normalized spacial score (nSPS) is 10.1. The summed E-state index contributed by atoms with van der Waals surface area (Å²) in [5, 5.41) is 12.8. The third-order valence-corrected chi connectivity index (χ3v) is 3.57. The summed E-state index contributed by atoms with van der Waals surface area (Å²) >= 11 is 0. The lowest BCUT2D eigenvalue weighted by Gasteiger charge is -2.17. The number of benzene rings is 2. The van der Waals surface area contributed by atoms with Crippen LogP contribution in [0.4, 0.5) is 0 Å². The van der Waals surface area contributed by atoms with Crippen LogP contribution < -0.4 is 0 Å². The molecule has 23 heavy (non-hydrogen) atoms. The van der Waals surface area contributed by atoms with E-state index in [0.717, 1.165) is 5.56 Å². The molecule has 0 saturated heterocycles. The molecule has 2 aromatic rings. The number of hydrogen-bond donors (Lipinski definition) is 2. The first-order chi connectivity index (χ1) is 11.2. The molecule has 0 aromatic heterocycles. The molecule has 2 aromatic carbocycles. The van der Waals surface area contributed by atoms with Crippen molar-refractivity contribution in [3.63, 3.8) is 0 Å². The number of rotatable bonds is 8. The summed E-state index contributed by atoms with van der Waals surface area (Å²) < 4.78 is 0. The molecule has 0 radical (unpaired) electrons. The van der Waals surface area contributed by atoms with Gasteiger partial charge in [-0.3, -0.25) is 10.2 Å². The molecule has 0 aliphatic rings. The summed E-state index contributed by atoms with van der Waals surface area (Å²) in [4.78, 5) is 12.0. The number of nitrogens with zero attached hydrogens (tertiary/aromatic N) is 2. The lowest BCUT2D eigenvalue weighted by atomic mass is 10.1. The molecular formula is C18H20N4O. The lowest BCUT2D eigenvalue weighted by Crippen LogP contribution is -2.27. The highest BCUT2D eigenvalue weighted by Gasteiger charge is 2.12. The number of ketones is 1. The van der Waals surface area contributed by atoms with Crippen molar-refractivity contribution in [3.05, 3.63) is 71.8 Å². The summed E-state index contributed by atoms with van der Waals surface area (Å²) in [6.07, 6.45) is 1.24. The molecule has 5 heteroatoms. The van der Waals surface area contributed by atoms with Crippen LogP contribution in [0.3, 0.4) is 0 Å². The van der Waals surface area contributed by atoms with Crippen LogP contribution in [0.1, 0.15) is 28.8 Å². The second-order valence-corrected chi connectivity index (χ2v) is 5.19. The highest BCUT2D eigenvalue weighted by molar-refractivity contribution is 5.98. The van der Waals surface area contributed by atoms with Crippen LogP contribution >= 0.6 is 0 Å². The van der Waals surface area contributed by atoms with E-state index in [2.05, 4.69) is 5.22 Å². The summed E-state index contributed by atoms with van der Waals surface area (Å²) in [6.45, 7) is 0.464. The third-order valence-electron chi connectivity index (χ3n) is 3.57. The van der Waals surface area contributed by atoms with Crippen molar-refractivity contribution in [3.8, 4) is 0 Å². The first-order valence-electron chi connectivity index (χ1n) is 7.55. The average Bonchev–Trinajstić information content (AvgIpc) is 2.61. The number of nitrogens with one attached hydrogen (secondary N) is 2. The van der Waals surface area contributed by atoms with Crippen LogP contribution in [0.15, 0.2) is 65.9 Å². The van der Waals surface area contributed by atoms with Gasteiger partial charge in [0.15, 0.2) is 5.78 Å². The van der Waals surface area contributed by atoms with Gasteiger partial charge in [-0.1, -0.05) is 65.9 Å². The number of amidine groups is 1. The predicted molar refractivity (Wildman–Crippen MR) is 89.7 cm³/mol. The fraction of sp³-hybridized carbons (Fsp3) is 0.222. The van der Waals surface area contributed by atoms with Crippen LogP contribution in [0.2, 0.25) is 0 Å². The minimum Gasteiger partial charge on any atom is -0.294 e. The second-order valence-electron chi connectivity index (χ2n) is 5.19. The minimum absolute atomic E-state index is 0.00309. The van der Waals surface area contributed by atoms with Gasteiger partial charge >= 0.3 is 0 Å². The van der Waals surface area contributed by atoms with Crippen molar-refractivity contribution >= 4 is 11.6 Å². The standard InChI is InChI=1S/C18H20N4O/c19-18(12-11-17(23)16-9-5-2-6-10-16)22(21-20)14-13-15-7-3-1-4-8-15/h1-10,19-20H,11-14H2. The monoisotopic (exact) mass is 308 g/mol. The van der Waals surface area contributed by atoms with Gasteiger partial charge in [-0.15, -0.1) is 0 Å². The first-order valence-corrected chi connectivity index (χ1v) is 7.55. The third kappa shape index (κ3) is 5.14. The van der Waals surface area contributed by atoms with Gasteiger partial charge in [-0.25, -0.2) is 5.01 Å². The highest BCUT2D eigenvalue weighted by Crippen LogP contribution is 2.08. The fourth-order valence-corrected chi connectivity index (χ4v) is 2.25. The van der Waals surface area contributed by atoms with Crippen molar-refractivity contribution in [1.82, 2.24) is 5.01 Å². The number of carbonyl (C=O) groups excluding carboxylic acids is 1. The van der Waals surface area contributed by atoms with E-state index in [4.69, 9.17) is 10.9 Å². The molecule has 5 nitrogen and oxygen atoms in total. The van der Waals surface area contributed by atoms with E-state index in [-0.39, 0.29) is 24.5 Å². The Morgan fingerprint density at radius 1 is 0.957 bits per heavy atom. The maximum atomic E-state index is 12.0. The smallest absolute Gasteiger partial charge is 0.163 e. The van der Waals surface area contributed by atoms with E-state index in [9.17, 15) is 4.79 Å². The molecule has 0 amide bonds. The van der Waals surface area contributed by atoms with Gasteiger partial charge in [0.2, 0.25) is 0 Å². The van der Waals surface area contributed by atoms with Crippen molar-refractivity contribution in [1.29, 1.82) is 10.9 Å². The molecule has 0 fully saturated rings. The average molecular weight is 308 g/mol. The minimum atomic E-state index is 0.00309. The van der Waals surface area contributed by atoms with Gasteiger partial charge in [0.1, 0.15) is 5.84 Å². The van der Waals surface area contributed by atoms with Crippen LogP contribution in [0.25, 0.3) is 0 Å². The van der Waals surface area contributed by atoms with E-state index in [1.807, 2.05) is 48.5 Å². The number of Topliss-reactive ketones (excluding diaryl/α,β-unsaturated/α-hetero) is 1. The van der Waals surface area contributed by atoms with E-state index >= 15 is 0 Å². The highest BCUT2D eigenvalue weighted by atomic mass is 16.1. The molecular weight excluding hydrogens is 288 g/mol. The largest absolute Gasteiger partial charge is 0.294 e. The summed E-state index contributed by atoms with van der Waals surface area (Å²) in [7, 11) is 0. The Morgan fingerprint density at radius 2 is 1.57 bits per heavy atom. The predicted octanol–water partition coefficient (Wildman–Crippen LogP) is 4.12. The van der Waals surface area contributed by atoms with Crippen LogP contribution in [-0.4, -0.2) is 23.2 Å². The maximum Gasteiger partial charge on any atom is 0.163 e. The molecule has 0 aliphatic carbocycles. The van der Waals surface area contributed by atoms with Crippen molar-refractivity contribution in [2.45, 2.75) is 19.3 Å². The summed E-state index contributed by atoms with van der Waals surface area (Å²) in [6, 6.07) is 18.9. The molecule has 0 aliphatic heterocycles. The molecule has 2 rings (SSSR count). The molecule has 118 valence electrons. The SMILES string of the molecule is N=NN(CCc1ccccc1)C(=N)CCC(=O)c1ccccc1. The maximum absolute atomic E-state index is 12.0. The Kier molecular flexibility index (Phi) is 6.17. The lowest BCUT2D eigenvalue weighted by molar-refractivity contribution is 0.0983. The molecule has 0 heterocycles. The molecule has 0 unspecified atom stereocenters. The molecule has 0 spiro atoms. The van der Waals surface area contributed by atoms with Crippen LogP contribution in [0.5, 0.6) is 0 Å². The number of carbonyl (C=O) groups is 1. The molecule has 0 bridgehead atoms. The zero-order valence-corrected chi connectivity index (χ0v) is 12.9. The van der Waals surface area contributed by atoms with Gasteiger partial charge in [0.05, 0.1) is 0 Å². The van der Waals surface area contributed by atoms with Gasteiger partial charge in [0, 0.05) is 24.9 Å². The van der Waals surface area contributed by atoms with E-state index in [1.165, 1.54) is 5.01 Å². The second kappa shape index (κ2) is 8.58. The zero-order valence-electron chi connectivity index (χ0n) is 12.9. The molecule has 0 saturated carbocycles. The van der Waals surface area contributed by atoms with Gasteiger partial charge in [-0.05, 0) is 12.0 Å². The quantitative estimate of drug-likeness (QED) is 0.253. The Hall–Kier alpha value is -2.82. The Bertz CT molecular complexity index is 655. The van der Waals surface area contributed by atoms with E-state index < -0.39 is 0 Å². The number of hydrogen-bond acceptors (Lipinski definition) is 4. The van der Waals surface area contributed by atoms with Gasteiger partial charge < -0.3 is 0 Å². The van der Waals surface area contributed by atoms with Crippen molar-refractivity contribution in [2.75, 3.05) is 6.54 Å². The topological polar surface area (TPSA) is 80.4 Å². The first kappa shape index (κ1) is 16.5. The van der Waals surface area contributed by atoms with Crippen molar-refractivity contribution < 1.29 is 4.79 Å². The van der Waals surface area contributed by atoms with Crippen LogP contribution in [0, 0.1) is 10.9 Å². The Morgan fingerprint density at radius 3 is 2.17 bits per heavy atom. The Balaban J connectivity index is 1.83.